The zero-order valence-electron chi connectivity index (χ0n) is 11.0. The van der Waals surface area contributed by atoms with E-state index in [4.69, 9.17) is 0 Å². The molecule has 0 bridgehead atoms. The summed E-state index contributed by atoms with van der Waals surface area (Å²) >= 11 is 0. The second-order valence-corrected chi connectivity index (χ2v) is 8.31. The van der Waals surface area contributed by atoms with E-state index in [2.05, 4.69) is 19.2 Å². The largest absolute Gasteiger partial charge is 0.314 e. The lowest BCUT2D eigenvalue weighted by Gasteiger charge is -2.37. The Bertz CT molecular complexity index is 346. The fourth-order valence-electron chi connectivity index (χ4n) is 3.12. The summed E-state index contributed by atoms with van der Waals surface area (Å²) in [5, 5.41) is 3.50. The standard InChI is InChI=1S/C13H25NO2S/c1-10(2)14-8-13(11-4-3-5-11)12-6-7-17(15,16)9-12/h10-14H,3-9H2,1-2H3. The molecule has 0 radical (unpaired) electrons. The van der Waals surface area contributed by atoms with Gasteiger partial charge in [0.15, 0.2) is 9.84 Å². The first kappa shape index (κ1) is 13.3. The van der Waals surface area contributed by atoms with Crippen molar-refractivity contribution in [3.63, 3.8) is 0 Å². The third kappa shape index (κ3) is 3.44. The molecule has 4 heteroatoms. The SMILES string of the molecule is CC(C)NCC(C1CCC1)C1CCS(=O)(=O)C1. The second kappa shape index (κ2) is 5.27. The summed E-state index contributed by atoms with van der Waals surface area (Å²) in [4.78, 5) is 0. The maximum absolute atomic E-state index is 11.6. The van der Waals surface area contributed by atoms with Gasteiger partial charge in [-0.15, -0.1) is 0 Å². The first-order valence-corrected chi connectivity index (χ1v) is 8.74. The summed E-state index contributed by atoms with van der Waals surface area (Å²) in [5.74, 6) is 2.63. The van der Waals surface area contributed by atoms with E-state index in [1.807, 2.05) is 0 Å². The van der Waals surface area contributed by atoms with Gasteiger partial charge in [-0.1, -0.05) is 33.1 Å². The van der Waals surface area contributed by atoms with Gasteiger partial charge in [0, 0.05) is 6.04 Å². The van der Waals surface area contributed by atoms with Crippen LogP contribution in [0.3, 0.4) is 0 Å². The van der Waals surface area contributed by atoms with Crippen LogP contribution in [0.5, 0.6) is 0 Å². The number of sulfone groups is 1. The van der Waals surface area contributed by atoms with Crippen LogP contribution >= 0.6 is 0 Å². The summed E-state index contributed by atoms with van der Waals surface area (Å²) in [6.07, 6.45) is 4.84. The molecule has 17 heavy (non-hydrogen) atoms. The molecule has 1 saturated heterocycles. The third-order valence-corrected chi connectivity index (χ3v) is 6.18. The molecule has 2 unspecified atom stereocenters. The summed E-state index contributed by atoms with van der Waals surface area (Å²) in [6, 6.07) is 0.496. The lowest BCUT2D eigenvalue weighted by molar-refractivity contribution is 0.149. The normalized spacial score (nSPS) is 30.4. The van der Waals surface area contributed by atoms with Crippen LogP contribution in [0.4, 0.5) is 0 Å². The van der Waals surface area contributed by atoms with E-state index < -0.39 is 9.84 Å². The predicted octanol–water partition coefficient (Wildman–Crippen LogP) is 1.84. The number of rotatable bonds is 5. The third-order valence-electron chi connectivity index (χ3n) is 4.39. The molecule has 1 aliphatic carbocycles. The monoisotopic (exact) mass is 259 g/mol. The number of hydrogen-bond acceptors (Lipinski definition) is 3. The fraction of sp³-hybridized carbons (Fsp3) is 1.00. The molecule has 0 amide bonds. The Morgan fingerprint density at radius 2 is 1.88 bits per heavy atom. The van der Waals surface area contributed by atoms with Crippen molar-refractivity contribution >= 4 is 9.84 Å². The molecule has 1 heterocycles. The second-order valence-electron chi connectivity index (χ2n) is 6.08. The Kier molecular flexibility index (Phi) is 4.14. The van der Waals surface area contributed by atoms with Gasteiger partial charge >= 0.3 is 0 Å². The quantitative estimate of drug-likeness (QED) is 0.819. The fourth-order valence-corrected chi connectivity index (χ4v) is 5.01. The molecule has 2 rings (SSSR count). The topological polar surface area (TPSA) is 46.2 Å². The molecule has 2 fully saturated rings. The molecule has 0 aromatic rings. The van der Waals surface area contributed by atoms with Gasteiger partial charge < -0.3 is 5.32 Å². The van der Waals surface area contributed by atoms with Crippen molar-refractivity contribution in [2.75, 3.05) is 18.1 Å². The summed E-state index contributed by atoms with van der Waals surface area (Å²) in [5.41, 5.74) is 0. The minimum absolute atomic E-state index is 0.413. The van der Waals surface area contributed by atoms with Crippen molar-refractivity contribution in [1.82, 2.24) is 5.32 Å². The summed E-state index contributed by atoms with van der Waals surface area (Å²) in [7, 11) is -2.72. The van der Waals surface area contributed by atoms with E-state index in [1.165, 1.54) is 19.3 Å². The average molecular weight is 259 g/mol. The van der Waals surface area contributed by atoms with E-state index in [0.717, 1.165) is 18.9 Å². The number of hydrogen-bond donors (Lipinski definition) is 1. The van der Waals surface area contributed by atoms with Gasteiger partial charge in [-0.05, 0) is 30.7 Å². The predicted molar refractivity (Wildman–Crippen MR) is 70.7 cm³/mol. The smallest absolute Gasteiger partial charge is 0.150 e. The maximum atomic E-state index is 11.6. The zero-order chi connectivity index (χ0) is 12.5. The lowest BCUT2D eigenvalue weighted by atomic mass is 9.70. The van der Waals surface area contributed by atoms with Gasteiger partial charge in [0.2, 0.25) is 0 Å². The summed E-state index contributed by atoms with van der Waals surface area (Å²) < 4.78 is 23.2. The molecule has 0 aromatic heterocycles. The highest BCUT2D eigenvalue weighted by Crippen LogP contribution is 2.40. The average Bonchev–Trinajstić information content (AvgIpc) is 2.49. The van der Waals surface area contributed by atoms with Crippen molar-refractivity contribution < 1.29 is 8.42 Å². The van der Waals surface area contributed by atoms with Crippen molar-refractivity contribution in [1.29, 1.82) is 0 Å². The van der Waals surface area contributed by atoms with Gasteiger partial charge in [-0.3, -0.25) is 0 Å². The van der Waals surface area contributed by atoms with Crippen LogP contribution in [0.25, 0.3) is 0 Å². The molecule has 1 saturated carbocycles. The van der Waals surface area contributed by atoms with E-state index in [1.54, 1.807) is 0 Å². The maximum Gasteiger partial charge on any atom is 0.150 e. The number of nitrogens with one attached hydrogen (secondary N) is 1. The molecule has 0 aromatic carbocycles. The van der Waals surface area contributed by atoms with Crippen LogP contribution in [-0.4, -0.2) is 32.5 Å². The Labute approximate surface area is 105 Å². The van der Waals surface area contributed by atoms with E-state index in [-0.39, 0.29) is 0 Å². The van der Waals surface area contributed by atoms with Crippen LogP contribution in [0.2, 0.25) is 0 Å². The van der Waals surface area contributed by atoms with Crippen LogP contribution in [0.1, 0.15) is 39.5 Å². The van der Waals surface area contributed by atoms with Crippen molar-refractivity contribution in [3.05, 3.63) is 0 Å². The van der Waals surface area contributed by atoms with Crippen LogP contribution in [-0.2, 0) is 9.84 Å². The minimum Gasteiger partial charge on any atom is -0.314 e. The first-order valence-electron chi connectivity index (χ1n) is 6.92. The molecular weight excluding hydrogens is 234 g/mol. The Morgan fingerprint density at radius 3 is 2.29 bits per heavy atom. The van der Waals surface area contributed by atoms with E-state index in [0.29, 0.717) is 29.4 Å². The summed E-state index contributed by atoms with van der Waals surface area (Å²) in [6.45, 7) is 5.31. The molecule has 1 aliphatic heterocycles. The van der Waals surface area contributed by atoms with Crippen molar-refractivity contribution in [2.24, 2.45) is 17.8 Å². The highest BCUT2D eigenvalue weighted by atomic mass is 32.2. The first-order chi connectivity index (χ1) is 7.98. The van der Waals surface area contributed by atoms with Gasteiger partial charge in [-0.25, -0.2) is 8.42 Å². The van der Waals surface area contributed by atoms with Crippen LogP contribution in [0, 0.1) is 17.8 Å². The molecule has 3 nitrogen and oxygen atoms in total. The van der Waals surface area contributed by atoms with Gasteiger partial charge in [0.05, 0.1) is 11.5 Å². The highest BCUT2D eigenvalue weighted by Gasteiger charge is 2.39. The van der Waals surface area contributed by atoms with E-state index in [9.17, 15) is 8.42 Å². The molecule has 0 spiro atoms. The molecule has 100 valence electrons. The highest BCUT2D eigenvalue weighted by molar-refractivity contribution is 7.91. The van der Waals surface area contributed by atoms with Gasteiger partial charge in [0.25, 0.3) is 0 Å². The van der Waals surface area contributed by atoms with Crippen LogP contribution in [0.15, 0.2) is 0 Å². The Hall–Kier alpha value is -0.0900. The Morgan fingerprint density at radius 1 is 1.18 bits per heavy atom. The van der Waals surface area contributed by atoms with E-state index >= 15 is 0 Å². The van der Waals surface area contributed by atoms with Crippen molar-refractivity contribution in [2.45, 2.75) is 45.6 Å². The minimum atomic E-state index is -2.72. The Balaban J connectivity index is 1.95. The van der Waals surface area contributed by atoms with Crippen molar-refractivity contribution in [3.8, 4) is 0 Å². The molecule has 2 atom stereocenters. The zero-order valence-corrected chi connectivity index (χ0v) is 11.8. The molecule has 1 N–H and O–H groups in total. The van der Waals surface area contributed by atoms with Gasteiger partial charge in [0.1, 0.15) is 0 Å². The molecule has 2 aliphatic rings. The van der Waals surface area contributed by atoms with Gasteiger partial charge in [-0.2, -0.15) is 0 Å². The lowest BCUT2D eigenvalue weighted by Crippen LogP contribution is -2.39. The van der Waals surface area contributed by atoms with Crippen LogP contribution < -0.4 is 5.32 Å². The molecular formula is C13H25NO2S.